The molecule has 0 atom stereocenters. The molecule has 3 heteroatoms. The molecule has 0 N–H and O–H groups in total. The minimum Gasteiger partial charge on any atom is -0.374 e. The van der Waals surface area contributed by atoms with Crippen molar-refractivity contribution in [3.05, 3.63) is 58.5 Å². The van der Waals surface area contributed by atoms with Crippen molar-refractivity contribution in [1.29, 1.82) is 0 Å². The van der Waals surface area contributed by atoms with Crippen molar-refractivity contribution in [3.8, 4) is 5.69 Å². The summed E-state index contributed by atoms with van der Waals surface area (Å²) in [5.41, 5.74) is 3.54. The number of hydrogen-bond acceptors (Lipinski definition) is 2. The molecule has 1 aliphatic rings. The smallest absolute Gasteiger partial charge is 0.255 e. The minimum absolute atomic E-state index is 0.00750. The van der Waals surface area contributed by atoms with Crippen molar-refractivity contribution in [2.45, 2.75) is 6.42 Å². The summed E-state index contributed by atoms with van der Waals surface area (Å²) in [5.74, 6) is 0. The second-order valence-corrected chi connectivity index (χ2v) is 4.39. The van der Waals surface area contributed by atoms with E-state index in [4.69, 9.17) is 0 Å². The fourth-order valence-corrected chi connectivity index (χ4v) is 2.32. The zero-order valence-corrected chi connectivity index (χ0v) is 9.76. The third-order valence-electron chi connectivity index (χ3n) is 3.30. The molecule has 0 radical (unpaired) electrons. The van der Waals surface area contributed by atoms with E-state index >= 15 is 0 Å². The summed E-state index contributed by atoms with van der Waals surface area (Å²) in [6, 6.07) is 11.4. The molecule has 0 fully saturated rings. The van der Waals surface area contributed by atoms with Gasteiger partial charge in [-0.1, -0.05) is 12.1 Å². The van der Waals surface area contributed by atoms with E-state index < -0.39 is 0 Å². The Bertz CT molecular complexity index is 616. The van der Waals surface area contributed by atoms with E-state index in [2.05, 4.69) is 24.1 Å². The molecule has 3 nitrogen and oxygen atoms in total. The van der Waals surface area contributed by atoms with E-state index in [1.54, 1.807) is 22.9 Å². The molecule has 0 saturated carbocycles. The van der Waals surface area contributed by atoms with E-state index in [0.29, 0.717) is 0 Å². The lowest BCUT2D eigenvalue weighted by Crippen LogP contribution is -2.16. The highest BCUT2D eigenvalue weighted by atomic mass is 16.1. The summed E-state index contributed by atoms with van der Waals surface area (Å²) in [6.45, 7) is 1.06. The molecule has 1 aliphatic heterocycles. The Balaban J connectivity index is 2.15. The Hall–Kier alpha value is -2.03. The molecule has 2 heterocycles. The molecule has 0 amide bonds. The van der Waals surface area contributed by atoms with Gasteiger partial charge in [0.15, 0.2) is 0 Å². The zero-order chi connectivity index (χ0) is 11.8. The molecular formula is C14H14N2O. The summed E-state index contributed by atoms with van der Waals surface area (Å²) in [7, 11) is 2.09. The van der Waals surface area contributed by atoms with Crippen LogP contribution in [0.15, 0.2) is 47.4 Å². The highest BCUT2D eigenvalue weighted by molar-refractivity contribution is 5.61. The molecule has 0 aliphatic carbocycles. The fourth-order valence-electron chi connectivity index (χ4n) is 2.32. The van der Waals surface area contributed by atoms with Crippen LogP contribution in [-0.4, -0.2) is 18.2 Å². The summed E-state index contributed by atoms with van der Waals surface area (Å²) < 4.78 is 1.67. The van der Waals surface area contributed by atoms with E-state index in [1.807, 2.05) is 12.1 Å². The number of pyridine rings is 1. The molecule has 0 bridgehead atoms. The Morgan fingerprint density at radius 1 is 1.18 bits per heavy atom. The van der Waals surface area contributed by atoms with Gasteiger partial charge >= 0.3 is 0 Å². The Morgan fingerprint density at radius 3 is 2.88 bits per heavy atom. The largest absolute Gasteiger partial charge is 0.374 e. The van der Waals surface area contributed by atoms with Gasteiger partial charge in [-0.15, -0.1) is 0 Å². The Kier molecular flexibility index (Phi) is 2.25. The lowest BCUT2D eigenvalue weighted by Gasteiger charge is -2.13. The minimum atomic E-state index is 0.00750. The predicted octanol–water partition coefficient (Wildman–Crippen LogP) is 1.83. The van der Waals surface area contributed by atoms with Gasteiger partial charge in [-0.3, -0.25) is 9.36 Å². The first kappa shape index (κ1) is 10.1. The average Bonchev–Trinajstić information content (AvgIpc) is 2.71. The SMILES string of the molecule is CN1CCc2ccc(-n3ccccc3=O)cc21. The van der Waals surface area contributed by atoms with Crippen molar-refractivity contribution >= 4 is 5.69 Å². The number of nitrogens with zero attached hydrogens (tertiary/aromatic N) is 2. The normalized spacial score (nSPS) is 13.8. The number of aromatic nitrogens is 1. The summed E-state index contributed by atoms with van der Waals surface area (Å²) in [6.07, 6.45) is 2.90. The van der Waals surface area contributed by atoms with Crippen LogP contribution in [0.25, 0.3) is 5.69 Å². The molecule has 3 rings (SSSR count). The molecular weight excluding hydrogens is 212 g/mol. The first-order valence-electron chi connectivity index (χ1n) is 5.78. The summed E-state index contributed by atoms with van der Waals surface area (Å²) >= 11 is 0. The van der Waals surface area contributed by atoms with E-state index in [1.165, 1.54) is 11.3 Å². The van der Waals surface area contributed by atoms with Gasteiger partial charge in [0, 0.05) is 31.5 Å². The molecule has 2 aromatic rings. The van der Waals surface area contributed by atoms with Crippen LogP contribution in [0, 0.1) is 0 Å². The van der Waals surface area contributed by atoms with Gasteiger partial charge in [-0.25, -0.2) is 0 Å². The van der Waals surface area contributed by atoms with Crippen LogP contribution in [0.4, 0.5) is 5.69 Å². The van der Waals surface area contributed by atoms with E-state index in [9.17, 15) is 4.79 Å². The number of anilines is 1. The summed E-state index contributed by atoms with van der Waals surface area (Å²) in [4.78, 5) is 14.0. The zero-order valence-electron chi connectivity index (χ0n) is 9.76. The first-order chi connectivity index (χ1) is 8.25. The van der Waals surface area contributed by atoms with Crippen LogP contribution >= 0.6 is 0 Å². The maximum Gasteiger partial charge on any atom is 0.255 e. The molecule has 0 saturated heterocycles. The van der Waals surface area contributed by atoms with Gasteiger partial charge in [-0.05, 0) is 30.2 Å². The Labute approximate surface area is 99.9 Å². The lowest BCUT2D eigenvalue weighted by atomic mass is 10.1. The molecule has 86 valence electrons. The number of fused-ring (bicyclic) bond motifs is 1. The van der Waals surface area contributed by atoms with E-state index in [-0.39, 0.29) is 5.56 Å². The Morgan fingerprint density at radius 2 is 2.06 bits per heavy atom. The summed E-state index contributed by atoms with van der Waals surface area (Å²) in [5, 5.41) is 0. The molecule has 1 aromatic carbocycles. The third kappa shape index (κ3) is 1.64. The fraction of sp³-hybridized carbons (Fsp3) is 0.214. The van der Waals surface area contributed by atoms with Gasteiger partial charge in [0.1, 0.15) is 0 Å². The van der Waals surface area contributed by atoms with Crippen molar-refractivity contribution in [2.24, 2.45) is 0 Å². The van der Waals surface area contributed by atoms with E-state index in [0.717, 1.165) is 18.7 Å². The highest BCUT2D eigenvalue weighted by Crippen LogP contribution is 2.28. The van der Waals surface area contributed by atoms with Crippen LogP contribution in [0.5, 0.6) is 0 Å². The number of benzene rings is 1. The second-order valence-electron chi connectivity index (χ2n) is 4.39. The van der Waals surface area contributed by atoms with Crippen molar-refractivity contribution < 1.29 is 0 Å². The molecule has 1 aromatic heterocycles. The number of rotatable bonds is 1. The van der Waals surface area contributed by atoms with Crippen molar-refractivity contribution in [2.75, 3.05) is 18.5 Å². The van der Waals surface area contributed by atoms with Crippen molar-refractivity contribution in [1.82, 2.24) is 4.57 Å². The molecule has 0 spiro atoms. The lowest BCUT2D eigenvalue weighted by molar-refractivity contribution is 0.954. The standard InChI is InChI=1S/C14H14N2O/c1-15-9-7-11-5-6-12(10-13(11)15)16-8-3-2-4-14(16)17/h2-6,8,10H,7,9H2,1H3. The van der Waals surface area contributed by atoms with Crippen LogP contribution in [-0.2, 0) is 6.42 Å². The maximum absolute atomic E-state index is 11.8. The maximum atomic E-state index is 11.8. The van der Waals surface area contributed by atoms with Crippen molar-refractivity contribution in [3.63, 3.8) is 0 Å². The third-order valence-corrected chi connectivity index (χ3v) is 3.30. The van der Waals surface area contributed by atoms with Gasteiger partial charge in [0.2, 0.25) is 0 Å². The quantitative estimate of drug-likeness (QED) is 0.741. The number of hydrogen-bond donors (Lipinski definition) is 0. The van der Waals surface area contributed by atoms with Crippen LogP contribution in [0.2, 0.25) is 0 Å². The van der Waals surface area contributed by atoms with Gasteiger partial charge in [0.05, 0.1) is 5.69 Å². The van der Waals surface area contributed by atoms with Gasteiger partial charge in [-0.2, -0.15) is 0 Å². The molecule has 0 unspecified atom stereocenters. The monoisotopic (exact) mass is 226 g/mol. The van der Waals surface area contributed by atoms with Crippen LogP contribution in [0.1, 0.15) is 5.56 Å². The predicted molar refractivity (Wildman–Crippen MR) is 69.0 cm³/mol. The topological polar surface area (TPSA) is 25.2 Å². The van der Waals surface area contributed by atoms with Crippen LogP contribution in [0.3, 0.4) is 0 Å². The molecule has 17 heavy (non-hydrogen) atoms. The second kappa shape index (κ2) is 3.77. The van der Waals surface area contributed by atoms with Crippen LogP contribution < -0.4 is 10.5 Å². The number of likely N-dealkylation sites (N-methyl/N-ethyl adjacent to an activating group) is 1. The average molecular weight is 226 g/mol. The first-order valence-corrected chi connectivity index (χ1v) is 5.78. The van der Waals surface area contributed by atoms with Gasteiger partial charge < -0.3 is 4.90 Å². The highest BCUT2D eigenvalue weighted by Gasteiger charge is 2.15. The van der Waals surface area contributed by atoms with Gasteiger partial charge in [0.25, 0.3) is 5.56 Å².